The van der Waals surface area contributed by atoms with Gasteiger partial charge in [0.15, 0.2) is 6.61 Å². The molecule has 0 radical (unpaired) electrons. The SMILES string of the molecule is Cc1ccc(OCC(=O)NCc2nc(-c3ccccc3Cl)no2)cc1C. The van der Waals surface area contributed by atoms with Gasteiger partial charge in [0.25, 0.3) is 5.91 Å². The van der Waals surface area contributed by atoms with Crippen LogP contribution in [-0.2, 0) is 11.3 Å². The van der Waals surface area contributed by atoms with Crippen molar-refractivity contribution in [1.29, 1.82) is 0 Å². The van der Waals surface area contributed by atoms with Gasteiger partial charge in [0.2, 0.25) is 11.7 Å². The Morgan fingerprint density at radius 1 is 1.19 bits per heavy atom. The number of aromatic nitrogens is 2. The highest BCUT2D eigenvalue weighted by Gasteiger charge is 2.12. The summed E-state index contributed by atoms with van der Waals surface area (Å²) < 4.78 is 10.6. The number of benzene rings is 2. The highest BCUT2D eigenvalue weighted by molar-refractivity contribution is 6.33. The molecule has 3 rings (SSSR count). The van der Waals surface area contributed by atoms with Crippen LogP contribution in [0.3, 0.4) is 0 Å². The smallest absolute Gasteiger partial charge is 0.258 e. The van der Waals surface area contributed by atoms with E-state index < -0.39 is 0 Å². The molecule has 0 atom stereocenters. The van der Waals surface area contributed by atoms with Gasteiger partial charge in [-0.05, 0) is 49.2 Å². The largest absolute Gasteiger partial charge is 0.484 e. The number of ether oxygens (including phenoxy) is 1. The van der Waals surface area contributed by atoms with Gasteiger partial charge in [-0.15, -0.1) is 0 Å². The first kappa shape index (κ1) is 17.9. The number of rotatable bonds is 6. The van der Waals surface area contributed by atoms with E-state index in [4.69, 9.17) is 20.9 Å². The summed E-state index contributed by atoms with van der Waals surface area (Å²) in [5, 5.41) is 7.10. The lowest BCUT2D eigenvalue weighted by molar-refractivity contribution is -0.123. The Hall–Kier alpha value is -2.86. The molecule has 0 bridgehead atoms. The third-order valence-electron chi connectivity index (χ3n) is 3.87. The summed E-state index contributed by atoms with van der Waals surface area (Å²) in [6, 6.07) is 12.9. The van der Waals surface area contributed by atoms with Gasteiger partial charge in [0, 0.05) is 5.56 Å². The number of hydrogen-bond donors (Lipinski definition) is 1. The predicted octanol–water partition coefficient (Wildman–Crippen LogP) is 3.70. The summed E-state index contributed by atoms with van der Waals surface area (Å²) in [6.45, 7) is 4.04. The Kier molecular flexibility index (Phi) is 5.53. The van der Waals surface area contributed by atoms with Gasteiger partial charge < -0.3 is 14.6 Å². The zero-order valence-corrected chi connectivity index (χ0v) is 15.2. The zero-order chi connectivity index (χ0) is 18.5. The van der Waals surface area contributed by atoms with E-state index in [9.17, 15) is 4.79 Å². The van der Waals surface area contributed by atoms with Crippen LogP contribution in [0.1, 0.15) is 17.0 Å². The van der Waals surface area contributed by atoms with Gasteiger partial charge in [-0.1, -0.05) is 35.0 Å². The Balaban J connectivity index is 1.52. The molecule has 0 spiro atoms. The van der Waals surface area contributed by atoms with Crippen LogP contribution in [0.15, 0.2) is 47.0 Å². The van der Waals surface area contributed by atoms with Crippen molar-refractivity contribution in [3.05, 3.63) is 64.5 Å². The van der Waals surface area contributed by atoms with Crippen molar-refractivity contribution >= 4 is 17.5 Å². The minimum atomic E-state index is -0.277. The lowest BCUT2D eigenvalue weighted by Crippen LogP contribution is -2.28. The maximum Gasteiger partial charge on any atom is 0.258 e. The molecule has 0 aliphatic carbocycles. The van der Waals surface area contributed by atoms with Crippen molar-refractivity contribution in [3.8, 4) is 17.1 Å². The van der Waals surface area contributed by atoms with Crippen LogP contribution >= 0.6 is 11.6 Å². The van der Waals surface area contributed by atoms with Crippen LogP contribution in [0.2, 0.25) is 5.02 Å². The molecule has 6 nitrogen and oxygen atoms in total. The average molecular weight is 372 g/mol. The zero-order valence-electron chi connectivity index (χ0n) is 14.5. The first-order valence-corrected chi connectivity index (χ1v) is 8.45. The van der Waals surface area contributed by atoms with E-state index >= 15 is 0 Å². The van der Waals surface area contributed by atoms with Gasteiger partial charge in [0.1, 0.15) is 5.75 Å². The molecule has 2 aromatic carbocycles. The molecule has 0 saturated heterocycles. The quantitative estimate of drug-likeness (QED) is 0.714. The standard InChI is InChI=1S/C19H18ClN3O3/c1-12-7-8-14(9-13(12)2)25-11-17(24)21-10-18-22-19(23-26-18)15-5-3-4-6-16(15)20/h3-9H,10-11H2,1-2H3,(H,21,24). The van der Waals surface area contributed by atoms with Crippen LogP contribution in [0.5, 0.6) is 5.75 Å². The minimum Gasteiger partial charge on any atom is -0.484 e. The van der Waals surface area contributed by atoms with Gasteiger partial charge in [-0.25, -0.2) is 0 Å². The fourth-order valence-electron chi connectivity index (χ4n) is 2.26. The molecule has 3 aromatic rings. The summed E-state index contributed by atoms with van der Waals surface area (Å²) in [7, 11) is 0. The predicted molar refractivity (Wildman–Crippen MR) is 98.0 cm³/mol. The lowest BCUT2D eigenvalue weighted by Gasteiger charge is -2.08. The monoisotopic (exact) mass is 371 g/mol. The van der Waals surface area contributed by atoms with Crippen molar-refractivity contribution in [2.24, 2.45) is 0 Å². The summed E-state index contributed by atoms with van der Waals surface area (Å²) in [5.41, 5.74) is 2.96. The van der Waals surface area contributed by atoms with Crippen LogP contribution in [0.4, 0.5) is 0 Å². The fourth-order valence-corrected chi connectivity index (χ4v) is 2.48. The summed E-state index contributed by atoms with van der Waals surface area (Å²) in [6.07, 6.45) is 0. The van der Waals surface area contributed by atoms with Crippen LogP contribution < -0.4 is 10.1 Å². The third-order valence-corrected chi connectivity index (χ3v) is 4.20. The van der Waals surface area contributed by atoms with Crippen LogP contribution in [-0.4, -0.2) is 22.7 Å². The molecule has 1 heterocycles. The van der Waals surface area contributed by atoms with E-state index in [1.54, 1.807) is 12.1 Å². The van der Waals surface area contributed by atoms with E-state index in [0.717, 1.165) is 5.56 Å². The molecule has 1 amide bonds. The number of amides is 1. The number of hydrogen-bond acceptors (Lipinski definition) is 5. The molecule has 7 heteroatoms. The molecule has 134 valence electrons. The molecule has 1 N–H and O–H groups in total. The average Bonchev–Trinajstić information content (AvgIpc) is 3.10. The molecule has 0 fully saturated rings. The number of carbonyl (C=O) groups is 1. The van der Waals surface area contributed by atoms with E-state index in [1.807, 2.05) is 44.2 Å². The lowest BCUT2D eigenvalue weighted by atomic mass is 10.1. The third kappa shape index (κ3) is 4.40. The van der Waals surface area contributed by atoms with Crippen molar-refractivity contribution in [2.75, 3.05) is 6.61 Å². The normalized spacial score (nSPS) is 10.6. The van der Waals surface area contributed by atoms with E-state index in [0.29, 0.717) is 28.1 Å². The molecule has 0 aliphatic rings. The highest BCUT2D eigenvalue weighted by atomic mass is 35.5. The van der Waals surface area contributed by atoms with Crippen LogP contribution in [0, 0.1) is 13.8 Å². The molecule has 26 heavy (non-hydrogen) atoms. The second-order valence-electron chi connectivity index (χ2n) is 5.80. The Bertz CT molecular complexity index is 924. The van der Waals surface area contributed by atoms with E-state index in [2.05, 4.69) is 15.5 Å². The van der Waals surface area contributed by atoms with Crippen molar-refractivity contribution in [1.82, 2.24) is 15.5 Å². The first-order valence-electron chi connectivity index (χ1n) is 8.07. The Morgan fingerprint density at radius 3 is 2.77 bits per heavy atom. The number of nitrogens with zero attached hydrogens (tertiary/aromatic N) is 2. The second-order valence-corrected chi connectivity index (χ2v) is 6.21. The molecule has 1 aromatic heterocycles. The molecule has 0 aliphatic heterocycles. The van der Waals surface area contributed by atoms with Crippen LogP contribution in [0.25, 0.3) is 11.4 Å². The van der Waals surface area contributed by atoms with E-state index in [1.165, 1.54) is 5.56 Å². The minimum absolute atomic E-state index is 0.0893. The summed E-state index contributed by atoms with van der Waals surface area (Å²) >= 11 is 6.11. The van der Waals surface area contributed by atoms with Gasteiger partial charge >= 0.3 is 0 Å². The number of nitrogens with one attached hydrogen (secondary N) is 1. The molecular formula is C19H18ClN3O3. The number of halogens is 1. The highest BCUT2D eigenvalue weighted by Crippen LogP contribution is 2.24. The molecule has 0 unspecified atom stereocenters. The first-order chi connectivity index (χ1) is 12.5. The molecular weight excluding hydrogens is 354 g/mol. The Morgan fingerprint density at radius 2 is 2.00 bits per heavy atom. The maximum absolute atomic E-state index is 11.9. The van der Waals surface area contributed by atoms with Gasteiger partial charge in [-0.2, -0.15) is 4.98 Å². The van der Waals surface area contributed by atoms with Crippen molar-refractivity contribution in [2.45, 2.75) is 20.4 Å². The topological polar surface area (TPSA) is 77.2 Å². The molecule has 0 saturated carbocycles. The summed E-state index contributed by atoms with van der Waals surface area (Å²) in [5.74, 6) is 1.05. The van der Waals surface area contributed by atoms with Gasteiger partial charge in [-0.3, -0.25) is 4.79 Å². The second kappa shape index (κ2) is 8.01. The van der Waals surface area contributed by atoms with Gasteiger partial charge in [0.05, 0.1) is 11.6 Å². The number of aryl methyl sites for hydroxylation is 2. The fraction of sp³-hybridized carbons (Fsp3) is 0.211. The van der Waals surface area contributed by atoms with Crippen molar-refractivity contribution < 1.29 is 14.1 Å². The summed E-state index contributed by atoms with van der Waals surface area (Å²) in [4.78, 5) is 16.2. The van der Waals surface area contributed by atoms with Crippen molar-refractivity contribution in [3.63, 3.8) is 0 Å². The number of carbonyl (C=O) groups excluding carboxylic acids is 1. The van der Waals surface area contributed by atoms with E-state index in [-0.39, 0.29) is 19.1 Å². The Labute approximate surface area is 156 Å². The maximum atomic E-state index is 11.9.